The number of carbonyl (C=O) groups excluding carboxylic acids is 1. The van der Waals surface area contributed by atoms with Gasteiger partial charge in [-0.05, 0) is 34.0 Å². The molecule has 0 saturated heterocycles. The quantitative estimate of drug-likeness (QED) is 0.222. The van der Waals surface area contributed by atoms with Gasteiger partial charge >= 0.3 is 12.8 Å². The van der Waals surface area contributed by atoms with Crippen molar-refractivity contribution in [2.75, 3.05) is 26.5 Å². The van der Waals surface area contributed by atoms with Gasteiger partial charge in [0.2, 0.25) is 0 Å². The smallest absolute Gasteiger partial charge is 0.421 e. The van der Waals surface area contributed by atoms with Crippen molar-refractivity contribution in [1.82, 2.24) is 15.3 Å². The number of nitrogens with one attached hydrogen (secondary N) is 1. The molecule has 1 atom stereocenters. The molecule has 0 radical (unpaired) electrons. The van der Waals surface area contributed by atoms with E-state index in [9.17, 15) is 4.79 Å². The molecule has 0 aliphatic carbocycles. The fraction of sp³-hybridized carbons (Fsp3) is 0.684. The van der Waals surface area contributed by atoms with Gasteiger partial charge in [0.1, 0.15) is 5.82 Å². The first-order chi connectivity index (χ1) is 14.4. The van der Waals surface area contributed by atoms with Crippen molar-refractivity contribution in [1.29, 1.82) is 0 Å². The van der Waals surface area contributed by atoms with Crippen LogP contribution in [-0.2, 0) is 31.1 Å². The summed E-state index contributed by atoms with van der Waals surface area (Å²) in [4.78, 5) is 23.6. The van der Waals surface area contributed by atoms with Crippen molar-refractivity contribution in [2.45, 2.75) is 59.1 Å². The highest BCUT2D eigenvalue weighted by Gasteiger charge is 2.22. The van der Waals surface area contributed by atoms with Gasteiger partial charge in [0.05, 0.1) is 31.3 Å². The molecule has 1 N–H and O–H groups in total. The molecule has 31 heavy (non-hydrogen) atoms. The second kappa shape index (κ2) is 14.7. The summed E-state index contributed by atoms with van der Waals surface area (Å²) in [5, 5.41) is 6.22. The molecule has 1 rings (SSSR count). The molecule has 0 aliphatic rings. The van der Waals surface area contributed by atoms with Crippen molar-refractivity contribution in [3.8, 4) is 5.75 Å². The highest BCUT2D eigenvalue weighted by molar-refractivity contribution is 8.07. The molecule has 1 unspecified atom stereocenters. The van der Waals surface area contributed by atoms with Crippen LogP contribution in [0.25, 0.3) is 0 Å². The number of thioether (sulfide) groups is 1. The van der Waals surface area contributed by atoms with E-state index >= 15 is 0 Å². The molecule has 0 aliphatic heterocycles. The number of aromatic nitrogens is 2. The molecule has 1 heterocycles. The number of carbonyl (C=O) groups is 1. The van der Waals surface area contributed by atoms with E-state index in [-0.39, 0.29) is 10.7 Å². The molecule has 0 fully saturated rings. The van der Waals surface area contributed by atoms with Crippen LogP contribution in [-0.4, -0.2) is 53.5 Å². The van der Waals surface area contributed by atoms with Gasteiger partial charge in [-0.2, -0.15) is 11.8 Å². The molecule has 178 valence electrons. The minimum Gasteiger partial charge on any atom is -0.421 e. The van der Waals surface area contributed by atoms with Crippen LogP contribution in [0.4, 0.5) is 4.79 Å². The molecule has 0 aromatic carbocycles. The largest absolute Gasteiger partial charge is 0.433 e. The average Bonchev–Trinajstić information content (AvgIpc) is 2.71. The summed E-state index contributed by atoms with van der Waals surface area (Å²) < 4.78 is 16.4. The zero-order valence-electron chi connectivity index (χ0n) is 19.8. The van der Waals surface area contributed by atoms with Gasteiger partial charge in [-0.25, -0.2) is 14.8 Å². The lowest BCUT2D eigenvalue weighted by Crippen LogP contribution is -2.18. The first-order valence-corrected chi connectivity index (χ1v) is 13.6. The lowest BCUT2D eigenvalue weighted by atomic mass is 9.96. The molecular weight excluding hydrogens is 459 g/mol. The van der Waals surface area contributed by atoms with Crippen LogP contribution in [0.2, 0.25) is 0 Å². The van der Waals surface area contributed by atoms with E-state index in [2.05, 4.69) is 25.3 Å². The standard InChI is InChI=1S/C12H21N2O3PS.C7H14N2O2S/c1-6-15-18(19,16-7-2)17-10-8-13-11(14-9-10)12(3,4)5;1-5(6(2)12-4)9-11-7(10)8-3/h8-9H,6-7H2,1-5H3;6H,1-4H3,(H,8,10)/b;9-5+. The Hall–Kier alpha value is -1.26. The van der Waals surface area contributed by atoms with E-state index < -0.39 is 12.8 Å². The number of rotatable bonds is 9. The Balaban J connectivity index is 0.000000649. The van der Waals surface area contributed by atoms with Crippen LogP contribution in [0.5, 0.6) is 5.75 Å². The lowest BCUT2D eigenvalue weighted by molar-refractivity contribution is 0.153. The molecule has 0 saturated carbocycles. The van der Waals surface area contributed by atoms with E-state index in [1.54, 1.807) is 24.2 Å². The van der Waals surface area contributed by atoms with Gasteiger partial charge in [0.25, 0.3) is 0 Å². The fourth-order valence-corrected chi connectivity index (χ4v) is 4.13. The van der Waals surface area contributed by atoms with E-state index in [1.165, 1.54) is 7.05 Å². The second-order valence-electron chi connectivity index (χ2n) is 7.11. The molecule has 1 aromatic heterocycles. The Labute approximate surface area is 195 Å². The normalized spacial score (nSPS) is 13.0. The lowest BCUT2D eigenvalue weighted by Gasteiger charge is -2.21. The first-order valence-electron chi connectivity index (χ1n) is 9.79. The van der Waals surface area contributed by atoms with Crippen LogP contribution in [0, 0.1) is 0 Å². The SMILES string of the molecule is CCOP(=S)(OCC)Oc1cnc(C(C)(C)C)nc1.CNC(=O)O/N=C(\C)C(C)SC. The van der Waals surface area contributed by atoms with Crippen LogP contribution < -0.4 is 9.84 Å². The van der Waals surface area contributed by atoms with E-state index in [0.29, 0.717) is 19.0 Å². The zero-order chi connectivity index (χ0) is 24.1. The van der Waals surface area contributed by atoms with Crippen molar-refractivity contribution >= 4 is 42.1 Å². The number of hydrogen-bond acceptors (Lipinski definition) is 10. The molecule has 0 bridgehead atoms. The van der Waals surface area contributed by atoms with Crippen molar-refractivity contribution in [3.63, 3.8) is 0 Å². The van der Waals surface area contributed by atoms with E-state index in [1.807, 2.05) is 54.7 Å². The predicted molar refractivity (Wildman–Crippen MR) is 131 cm³/mol. The Morgan fingerprint density at radius 1 is 1.26 bits per heavy atom. The summed E-state index contributed by atoms with van der Waals surface area (Å²) >= 11 is 6.93. The van der Waals surface area contributed by atoms with Gasteiger partial charge in [-0.1, -0.05) is 25.9 Å². The number of hydrogen-bond donors (Lipinski definition) is 1. The van der Waals surface area contributed by atoms with Crippen LogP contribution in [0.15, 0.2) is 17.5 Å². The number of oxime groups is 1. The Morgan fingerprint density at radius 2 is 1.77 bits per heavy atom. The summed E-state index contributed by atoms with van der Waals surface area (Å²) in [7, 11) is 1.49. The van der Waals surface area contributed by atoms with E-state index in [0.717, 1.165) is 11.5 Å². The third-order valence-corrected chi connectivity index (χ3v) is 7.00. The minimum atomic E-state index is -2.74. The fourth-order valence-electron chi connectivity index (χ4n) is 1.69. The summed E-state index contributed by atoms with van der Waals surface area (Å²) in [6, 6.07) is 0. The third-order valence-electron chi connectivity index (χ3n) is 3.51. The topological polar surface area (TPSA) is 104 Å². The minimum absolute atomic E-state index is 0.0986. The average molecular weight is 495 g/mol. The zero-order valence-corrected chi connectivity index (χ0v) is 22.3. The molecule has 0 spiro atoms. The van der Waals surface area contributed by atoms with Crippen molar-refractivity contribution in [3.05, 3.63) is 18.2 Å². The van der Waals surface area contributed by atoms with Gasteiger partial charge in [0, 0.05) is 29.5 Å². The summed E-state index contributed by atoms with van der Waals surface area (Å²) in [6.07, 6.45) is 4.64. The number of amides is 1. The van der Waals surface area contributed by atoms with Gasteiger partial charge in [0.15, 0.2) is 5.75 Å². The first kappa shape index (κ1) is 29.7. The summed E-state index contributed by atoms with van der Waals surface area (Å²) in [5.74, 6) is 1.22. The van der Waals surface area contributed by atoms with Gasteiger partial charge in [-0.15, -0.1) is 0 Å². The van der Waals surface area contributed by atoms with Crippen molar-refractivity contribution in [2.24, 2.45) is 5.16 Å². The molecule has 1 aromatic rings. The Kier molecular flexibility index (Phi) is 14.1. The maximum Gasteiger partial charge on any atom is 0.433 e. The van der Waals surface area contributed by atoms with Crippen LogP contribution in [0.3, 0.4) is 0 Å². The Morgan fingerprint density at radius 3 is 2.16 bits per heavy atom. The monoisotopic (exact) mass is 494 g/mol. The molecule has 12 heteroatoms. The van der Waals surface area contributed by atoms with Crippen molar-refractivity contribution < 1.29 is 23.2 Å². The maximum absolute atomic E-state index is 10.6. The number of nitrogens with zero attached hydrogens (tertiary/aromatic N) is 3. The molecular formula is C19H35N4O5PS2. The van der Waals surface area contributed by atoms with Crippen LogP contribution >= 0.6 is 18.5 Å². The van der Waals surface area contributed by atoms with E-state index in [4.69, 9.17) is 25.4 Å². The Bertz CT molecular complexity index is 732. The highest BCUT2D eigenvalue weighted by atomic mass is 32.5. The van der Waals surface area contributed by atoms with Crippen LogP contribution in [0.1, 0.15) is 54.3 Å². The summed E-state index contributed by atoms with van der Waals surface area (Å²) in [6.45, 7) is 11.8. The van der Waals surface area contributed by atoms with Gasteiger partial charge < -0.3 is 9.84 Å². The molecule has 1 amide bonds. The third kappa shape index (κ3) is 12.4. The predicted octanol–water partition coefficient (Wildman–Crippen LogP) is 4.92. The summed E-state index contributed by atoms with van der Waals surface area (Å²) in [5.41, 5.74) is 0.699. The maximum atomic E-state index is 10.6. The van der Waals surface area contributed by atoms with Gasteiger partial charge in [-0.3, -0.25) is 13.9 Å². The molecule has 9 nitrogen and oxygen atoms in total. The highest BCUT2D eigenvalue weighted by Crippen LogP contribution is 2.49. The second-order valence-corrected chi connectivity index (χ2v) is 11.2.